The van der Waals surface area contributed by atoms with Crippen molar-refractivity contribution in [3.63, 3.8) is 0 Å². The summed E-state index contributed by atoms with van der Waals surface area (Å²) in [6.07, 6.45) is -2.34. The minimum atomic E-state index is -1.63. The number of carbonyl (C=O) groups excluding carboxylic acids is 1. The quantitative estimate of drug-likeness (QED) is 0.249. The van der Waals surface area contributed by atoms with Crippen LogP contribution in [0.5, 0.6) is 0 Å². The van der Waals surface area contributed by atoms with Crippen LogP contribution in [0.1, 0.15) is 12.5 Å². The Kier molecular flexibility index (Phi) is 6.85. The predicted octanol–water partition coefficient (Wildman–Crippen LogP) is -2.85. The van der Waals surface area contributed by atoms with Gasteiger partial charge in [0.25, 0.3) is 5.56 Å². The van der Waals surface area contributed by atoms with Gasteiger partial charge in [-0.25, -0.2) is 4.79 Å². The largest absolute Gasteiger partial charge is 0.394 e. The van der Waals surface area contributed by atoms with Crippen LogP contribution in [-0.4, -0.2) is 67.6 Å². The summed E-state index contributed by atoms with van der Waals surface area (Å²) in [4.78, 5) is 38.3. The number of H-pyrrole nitrogens is 2. The first-order valence-electron chi connectivity index (χ1n) is 6.70. The van der Waals surface area contributed by atoms with Crippen molar-refractivity contribution >= 4 is 17.7 Å². The van der Waals surface area contributed by atoms with Crippen molar-refractivity contribution < 1.29 is 25.2 Å². The summed E-state index contributed by atoms with van der Waals surface area (Å²) in [7, 11) is 0. The molecule has 1 aromatic rings. The molecule has 0 aliphatic rings. The summed E-state index contributed by atoms with van der Waals surface area (Å²) in [5.74, 6) is -0.385. The van der Waals surface area contributed by atoms with Crippen molar-refractivity contribution in [1.29, 1.82) is 0 Å². The number of hydrogen-bond donors (Lipinski definition) is 7. The highest BCUT2D eigenvalue weighted by Gasteiger charge is 2.24. The van der Waals surface area contributed by atoms with E-state index in [4.69, 9.17) is 5.11 Å². The van der Waals surface area contributed by atoms with E-state index in [0.717, 1.165) is 6.08 Å². The smallest absolute Gasteiger partial charge is 0.327 e. The summed E-state index contributed by atoms with van der Waals surface area (Å²) in [5, 5.41) is 39.7. The first kappa shape index (κ1) is 18.8. The molecular formula is C13H19N3O7. The first-order chi connectivity index (χ1) is 10.8. The third kappa shape index (κ3) is 5.45. The molecule has 0 unspecified atom stereocenters. The summed E-state index contributed by atoms with van der Waals surface area (Å²) < 4.78 is 0. The normalized spacial score (nSPS) is 15.3. The number of anilines is 1. The summed E-state index contributed by atoms with van der Waals surface area (Å²) in [6, 6.07) is 0. The Balaban J connectivity index is 2.97. The van der Waals surface area contributed by atoms with Crippen molar-refractivity contribution in [2.24, 2.45) is 0 Å². The zero-order valence-electron chi connectivity index (χ0n) is 12.3. The number of hydrogen-bond acceptors (Lipinski definition) is 8. The van der Waals surface area contributed by atoms with E-state index >= 15 is 0 Å². The Labute approximate surface area is 130 Å². The SMILES string of the molecule is CC(=O)/C=C/c1c(NC[C@H](O)[C@H](O)[C@H](O)CO)[nH]c(=O)[nH]c1=O. The third-order valence-electron chi connectivity index (χ3n) is 2.93. The van der Waals surface area contributed by atoms with Gasteiger partial charge in [0.2, 0.25) is 0 Å². The highest BCUT2D eigenvalue weighted by molar-refractivity contribution is 5.92. The predicted molar refractivity (Wildman–Crippen MR) is 81.0 cm³/mol. The Hall–Kier alpha value is -2.27. The number of allylic oxidation sites excluding steroid dienone is 1. The van der Waals surface area contributed by atoms with Gasteiger partial charge in [-0.3, -0.25) is 19.6 Å². The lowest BCUT2D eigenvalue weighted by Crippen LogP contribution is -2.43. The molecule has 10 nitrogen and oxygen atoms in total. The van der Waals surface area contributed by atoms with Crippen molar-refractivity contribution in [2.45, 2.75) is 25.2 Å². The van der Waals surface area contributed by atoms with Crippen molar-refractivity contribution in [2.75, 3.05) is 18.5 Å². The van der Waals surface area contributed by atoms with Crippen LogP contribution in [0.3, 0.4) is 0 Å². The van der Waals surface area contributed by atoms with Crippen LogP contribution in [0, 0.1) is 0 Å². The Morgan fingerprint density at radius 2 is 1.87 bits per heavy atom. The Morgan fingerprint density at radius 1 is 1.22 bits per heavy atom. The average molecular weight is 329 g/mol. The lowest BCUT2D eigenvalue weighted by Gasteiger charge is -2.22. The molecule has 1 rings (SSSR count). The maximum Gasteiger partial charge on any atom is 0.327 e. The van der Waals surface area contributed by atoms with E-state index in [1.165, 1.54) is 13.0 Å². The fourth-order valence-corrected chi connectivity index (χ4v) is 1.69. The molecule has 0 radical (unpaired) electrons. The second-order valence-corrected chi connectivity index (χ2v) is 4.83. The molecule has 0 amide bonds. The maximum absolute atomic E-state index is 11.7. The Bertz CT molecular complexity index is 679. The fourth-order valence-electron chi connectivity index (χ4n) is 1.69. The van der Waals surface area contributed by atoms with Crippen molar-refractivity contribution in [3.05, 3.63) is 32.5 Å². The topological polar surface area (TPSA) is 176 Å². The molecule has 0 fully saturated rings. The van der Waals surface area contributed by atoms with Crippen LogP contribution in [0.25, 0.3) is 6.08 Å². The van der Waals surface area contributed by atoms with E-state index in [1.807, 2.05) is 4.98 Å². The van der Waals surface area contributed by atoms with Crippen LogP contribution in [0.2, 0.25) is 0 Å². The number of carbonyl (C=O) groups is 1. The van der Waals surface area contributed by atoms with Crippen LogP contribution < -0.4 is 16.6 Å². The average Bonchev–Trinajstić information content (AvgIpc) is 2.49. The van der Waals surface area contributed by atoms with Gasteiger partial charge in [-0.15, -0.1) is 0 Å². The van der Waals surface area contributed by atoms with Gasteiger partial charge < -0.3 is 25.7 Å². The molecule has 0 aliphatic heterocycles. The van der Waals surface area contributed by atoms with E-state index in [2.05, 4.69) is 10.3 Å². The van der Waals surface area contributed by atoms with Gasteiger partial charge in [0.15, 0.2) is 5.78 Å². The molecule has 0 bridgehead atoms. The zero-order valence-corrected chi connectivity index (χ0v) is 12.3. The summed E-state index contributed by atoms with van der Waals surface area (Å²) >= 11 is 0. The number of nitrogens with one attached hydrogen (secondary N) is 3. The first-order valence-corrected chi connectivity index (χ1v) is 6.70. The number of rotatable bonds is 8. The molecule has 128 valence electrons. The van der Waals surface area contributed by atoms with E-state index in [-0.39, 0.29) is 23.7 Å². The second-order valence-electron chi connectivity index (χ2n) is 4.83. The molecule has 0 spiro atoms. The van der Waals surface area contributed by atoms with Crippen LogP contribution in [0.4, 0.5) is 5.82 Å². The van der Waals surface area contributed by atoms with E-state index < -0.39 is 36.2 Å². The minimum absolute atomic E-state index is 0.0517. The van der Waals surface area contributed by atoms with Crippen LogP contribution in [-0.2, 0) is 4.79 Å². The van der Waals surface area contributed by atoms with Crippen molar-refractivity contribution in [3.8, 4) is 0 Å². The molecular weight excluding hydrogens is 310 g/mol. The fraction of sp³-hybridized carbons (Fsp3) is 0.462. The molecule has 3 atom stereocenters. The minimum Gasteiger partial charge on any atom is -0.394 e. The van der Waals surface area contributed by atoms with Crippen LogP contribution >= 0.6 is 0 Å². The van der Waals surface area contributed by atoms with E-state index in [0.29, 0.717) is 0 Å². The molecule has 0 saturated carbocycles. The molecule has 0 aliphatic carbocycles. The van der Waals surface area contributed by atoms with Gasteiger partial charge in [0, 0.05) is 6.54 Å². The van der Waals surface area contributed by atoms with E-state index in [9.17, 15) is 29.7 Å². The highest BCUT2D eigenvalue weighted by Crippen LogP contribution is 2.08. The Morgan fingerprint density at radius 3 is 2.43 bits per heavy atom. The second kappa shape index (κ2) is 8.39. The lowest BCUT2D eigenvalue weighted by atomic mass is 10.1. The van der Waals surface area contributed by atoms with Gasteiger partial charge in [0.05, 0.1) is 18.3 Å². The highest BCUT2D eigenvalue weighted by atomic mass is 16.4. The van der Waals surface area contributed by atoms with E-state index in [1.54, 1.807) is 0 Å². The number of aliphatic hydroxyl groups is 4. The molecule has 23 heavy (non-hydrogen) atoms. The van der Waals surface area contributed by atoms with Gasteiger partial charge in [0.1, 0.15) is 18.0 Å². The molecule has 0 aromatic carbocycles. The standard InChI is InChI=1S/C13H19N3O7/c1-6(18)2-3-7-11(15-13(23)16-12(7)22)14-4-8(19)10(21)9(20)5-17/h2-3,8-10,17,19-21H,4-5H2,1H3,(H3,14,15,16,22,23)/b3-2+/t8-,9+,10-/m0/s1. The number of aromatic amines is 2. The van der Waals surface area contributed by atoms with Crippen molar-refractivity contribution in [1.82, 2.24) is 9.97 Å². The maximum atomic E-state index is 11.7. The van der Waals surface area contributed by atoms with Crippen LogP contribution in [0.15, 0.2) is 15.7 Å². The third-order valence-corrected chi connectivity index (χ3v) is 2.93. The zero-order chi connectivity index (χ0) is 17.6. The molecule has 7 N–H and O–H groups in total. The number of aromatic nitrogens is 2. The van der Waals surface area contributed by atoms with Gasteiger partial charge in [-0.05, 0) is 19.1 Å². The number of aliphatic hydroxyl groups excluding tert-OH is 4. The lowest BCUT2D eigenvalue weighted by molar-refractivity contribution is -0.112. The molecule has 1 aromatic heterocycles. The molecule has 10 heteroatoms. The summed E-state index contributed by atoms with van der Waals surface area (Å²) in [6.45, 7) is 0.199. The van der Waals surface area contributed by atoms with Gasteiger partial charge >= 0.3 is 5.69 Å². The number of ketones is 1. The molecule has 1 heterocycles. The molecule has 0 saturated heterocycles. The summed E-state index contributed by atoms with van der Waals surface area (Å²) in [5.41, 5.74) is -1.61. The van der Waals surface area contributed by atoms with Gasteiger partial charge in [-0.2, -0.15) is 0 Å². The monoisotopic (exact) mass is 329 g/mol. The van der Waals surface area contributed by atoms with Gasteiger partial charge in [-0.1, -0.05) is 0 Å².